The summed E-state index contributed by atoms with van der Waals surface area (Å²) in [6.07, 6.45) is -8.27. The van der Waals surface area contributed by atoms with E-state index < -0.39 is 300 Å². The van der Waals surface area contributed by atoms with Gasteiger partial charge in [-0.25, -0.2) is 0 Å². The normalized spacial score (nSPS) is 14.1. The number of primary amides is 3. The Labute approximate surface area is 621 Å². The Balaban J connectivity index is 3.56. The van der Waals surface area contributed by atoms with E-state index in [4.69, 9.17) is 39.2 Å². The number of hydrogen-bond donors (Lipinski definition) is 26. The van der Waals surface area contributed by atoms with Crippen LogP contribution >= 0.6 is 0 Å². The number of aliphatic carboxylic acids is 4. The monoisotopic (exact) mass is 1550 g/mol. The van der Waals surface area contributed by atoms with Gasteiger partial charge in [-0.15, -0.1) is 0 Å². The van der Waals surface area contributed by atoms with Gasteiger partial charge in [0.05, 0.1) is 32.2 Å². The van der Waals surface area contributed by atoms with E-state index in [0.29, 0.717) is 0 Å². The van der Waals surface area contributed by atoms with Gasteiger partial charge in [0.25, 0.3) is 0 Å². The third-order valence-electron chi connectivity index (χ3n) is 15.3. The Hall–Kier alpha value is -12.4. The van der Waals surface area contributed by atoms with Crippen molar-refractivity contribution in [1.82, 2.24) is 74.4 Å². The Morgan fingerprint density at radius 3 is 1.13 bits per heavy atom. The van der Waals surface area contributed by atoms with E-state index in [9.17, 15) is 121 Å². The standard InChI is InChI=1S/C63H98N20O26/c1-28(2)22-39(80-57(103)36(15-20-49(93)94)75-46(89)25-71-52(98)34(14-19-48(91)92)76-51(97)29(3)64)59(105)77-33(6-5-21-70-63(68)69)55(101)78-38(13-18-45(67)88)58(104)83-42(27-84)61(107)82-41(24-50(95)96)53(99)72-26-47(90)74-35(11-16-43(65)86)56(102)81-40(23-31-7-9-32(85)10-8-31)60(106)79-37(12-17-44(66)87)54(100)73-30(4)62(108)109/h7-10,28-30,33-42,84-85H,5-6,11-27,64H2,1-4H3,(H2,65,86)(H2,66,87)(H2,67,88)(H,71,98)(H,72,99)(H,73,100)(H,74,90)(H,75,89)(H,76,97)(H,77,105)(H,78,101)(H,79,106)(H,80,103)(H,81,102)(H,82,107)(H,83,104)(H,91,92)(H,93,94)(H,95,96)(H,108,109)(H4,68,69,70)/t29-,30-,33-,34-,35-,36-,37-,38-,39-,40-,41-,42-/m0/s1. The van der Waals surface area contributed by atoms with Gasteiger partial charge >= 0.3 is 23.9 Å². The molecule has 606 valence electrons. The fraction of sp³-hybridized carbons (Fsp3) is 0.571. The van der Waals surface area contributed by atoms with Crippen LogP contribution in [0.3, 0.4) is 0 Å². The van der Waals surface area contributed by atoms with E-state index in [0.717, 1.165) is 6.92 Å². The smallest absolute Gasteiger partial charge is 0.325 e. The molecule has 1 rings (SSSR count). The van der Waals surface area contributed by atoms with Gasteiger partial charge in [-0.05, 0) is 88.8 Å². The number of aromatic hydroxyl groups is 1. The predicted molar refractivity (Wildman–Crippen MR) is 373 cm³/mol. The van der Waals surface area contributed by atoms with E-state index in [1.807, 2.05) is 10.6 Å². The molecule has 0 heterocycles. The van der Waals surface area contributed by atoms with Crippen LogP contribution in [0, 0.1) is 11.3 Å². The van der Waals surface area contributed by atoms with Crippen molar-refractivity contribution in [3.63, 3.8) is 0 Å². The number of hydrogen-bond acceptors (Lipinski definition) is 24. The van der Waals surface area contributed by atoms with Gasteiger partial charge in [0.2, 0.25) is 94.5 Å². The second kappa shape index (κ2) is 48.7. The molecule has 0 unspecified atom stereocenters. The number of phenolic OH excluding ortho intramolecular Hbond substituents is 1. The average molecular weight is 1550 g/mol. The fourth-order valence-electron chi connectivity index (χ4n) is 9.55. The number of carbonyl (C=O) groups excluding carboxylic acids is 16. The second-order valence-corrected chi connectivity index (χ2v) is 25.2. The molecule has 46 nitrogen and oxygen atoms in total. The molecule has 0 saturated heterocycles. The quantitative estimate of drug-likeness (QED) is 0.0164. The van der Waals surface area contributed by atoms with Crippen molar-refractivity contribution >= 4 is 124 Å². The summed E-state index contributed by atoms with van der Waals surface area (Å²) in [5, 5.41) is 96.9. The van der Waals surface area contributed by atoms with Crippen LogP contribution in [-0.4, -0.2) is 254 Å². The summed E-state index contributed by atoms with van der Waals surface area (Å²) in [6.45, 7) is 2.07. The summed E-state index contributed by atoms with van der Waals surface area (Å²) < 4.78 is 0. The molecule has 0 aliphatic rings. The van der Waals surface area contributed by atoms with E-state index >= 15 is 0 Å². The van der Waals surface area contributed by atoms with E-state index in [1.54, 1.807) is 13.8 Å². The molecule has 0 bridgehead atoms. The van der Waals surface area contributed by atoms with Crippen molar-refractivity contribution in [2.24, 2.45) is 34.6 Å². The van der Waals surface area contributed by atoms with Crippen LogP contribution in [0.5, 0.6) is 5.75 Å². The molecule has 0 aromatic heterocycles. The number of carbonyl (C=O) groups is 20. The Morgan fingerprint density at radius 1 is 0.394 bits per heavy atom. The van der Waals surface area contributed by atoms with Gasteiger partial charge in [0.15, 0.2) is 5.96 Å². The first-order valence-corrected chi connectivity index (χ1v) is 33.8. The lowest BCUT2D eigenvalue weighted by Gasteiger charge is -2.28. The number of aliphatic hydroxyl groups is 1. The number of phenols is 1. The molecule has 0 spiro atoms. The Morgan fingerprint density at radius 2 is 0.734 bits per heavy atom. The van der Waals surface area contributed by atoms with Crippen LogP contribution < -0.4 is 103 Å². The summed E-state index contributed by atoms with van der Waals surface area (Å²) in [4.78, 5) is 259. The van der Waals surface area contributed by atoms with Crippen molar-refractivity contribution in [1.29, 1.82) is 5.41 Å². The first kappa shape index (κ1) is 94.6. The molecule has 31 N–H and O–H groups in total. The van der Waals surface area contributed by atoms with Crippen molar-refractivity contribution in [3.05, 3.63) is 29.8 Å². The van der Waals surface area contributed by atoms with Crippen LogP contribution in [0.1, 0.15) is 123 Å². The third-order valence-corrected chi connectivity index (χ3v) is 15.3. The van der Waals surface area contributed by atoms with Gasteiger partial charge in [-0.3, -0.25) is 101 Å². The highest BCUT2D eigenvalue weighted by Gasteiger charge is 2.37. The molecule has 0 saturated carbocycles. The molecule has 0 aliphatic carbocycles. The number of amides is 16. The zero-order valence-corrected chi connectivity index (χ0v) is 60.0. The highest BCUT2D eigenvalue weighted by atomic mass is 16.4. The minimum atomic E-state index is -2.16. The summed E-state index contributed by atoms with van der Waals surface area (Å²) in [7, 11) is 0. The largest absolute Gasteiger partial charge is 0.508 e. The predicted octanol–water partition coefficient (Wildman–Crippen LogP) is -10.7. The van der Waals surface area contributed by atoms with Crippen molar-refractivity contribution in [2.45, 2.75) is 197 Å². The van der Waals surface area contributed by atoms with Gasteiger partial charge < -0.3 is 134 Å². The zero-order valence-electron chi connectivity index (χ0n) is 60.0. The molecule has 1 aromatic rings. The van der Waals surface area contributed by atoms with Gasteiger partial charge in [0.1, 0.15) is 72.2 Å². The van der Waals surface area contributed by atoms with E-state index in [1.165, 1.54) is 31.2 Å². The summed E-state index contributed by atoms with van der Waals surface area (Å²) in [5.74, 6) is -25.6. The Bertz CT molecular complexity index is 3450. The third kappa shape index (κ3) is 39.5. The molecule has 109 heavy (non-hydrogen) atoms. The summed E-state index contributed by atoms with van der Waals surface area (Å²) in [5.41, 5.74) is 27.2. The van der Waals surface area contributed by atoms with E-state index in [-0.39, 0.29) is 37.1 Å². The van der Waals surface area contributed by atoms with E-state index in [2.05, 4.69) is 63.8 Å². The molecular formula is C63H98N20O26. The molecule has 0 radical (unpaired) electrons. The first-order chi connectivity index (χ1) is 50.9. The van der Waals surface area contributed by atoms with Gasteiger partial charge in [0, 0.05) is 45.1 Å². The number of benzene rings is 1. The number of rotatable bonds is 53. The van der Waals surface area contributed by atoms with Gasteiger partial charge in [-0.2, -0.15) is 0 Å². The Kier molecular flexibility index (Phi) is 42.2. The van der Waals surface area contributed by atoms with Crippen LogP contribution in [0.2, 0.25) is 0 Å². The zero-order chi connectivity index (χ0) is 82.9. The number of nitrogens with two attached hydrogens (primary N) is 5. The minimum absolute atomic E-state index is 0.0895. The SMILES string of the molecule is CC(C)C[C@H](NC(=O)[C@H](CCC(=O)O)NC(=O)CNC(=O)[C@H](CCC(=O)O)NC(=O)[C@H](C)N)C(=O)N[C@@H](CCCNC(=N)N)C(=O)N[C@@H](CCC(N)=O)C(=O)N[C@@H](CO)C(=O)N[C@@H](CC(=O)O)C(=O)NCC(=O)N[C@@H](CCC(N)=O)C(=O)N[C@@H](Cc1ccc(O)cc1)C(=O)N[C@@H](CCC(N)=O)C(=O)N[C@@H](C)C(=O)O. The highest BCUT2D eigenvalue weighted by molar-refractivity contribution is 6.00. The molecule has 46 heteroatoms. The number of nitrogens with one attached hydrogen (secondary N) is 15. The molecule has 16 amide bonds. The maximum atomic E-state index is 14.3. The summed E-state index contributed by atoms with van der Waals surface area (Å²) in [6, 6.07) is -15.5. The summed E-state index contributed by atoms with van der Waals surface area (Å²) >= 11 is 0. The lowest BCUT2D eigenvalue weighted by Crippen LogP contribution is -2.60. The van der Waals surface area contributed by atoms with Crippen LogP contribution in [0.15, 0.2) is 24.3 Å². The maximum Gasteiger partial charge on any atom is 0.325 e. The number of guanidine groups is 1. The average Bonchev–Trinajstić information content (AvgIpc) is 0.857. The molecule has 0 aliphatic heterocycles. The number of carboxylic acid groups (broad SMARTS) is 4. The highest BCUT2D eigenvalue weighted by Crippen LogP contribution is 2.15. The number of carboxylic acids is 4. The first-order valence-electron chi connectivity index (χ1n) is 33.8. The molecule has 0 fully saturated rings. The van der Waals surface area contributed by atoms with Crippen molar-refractivity contribution < 1.29 is 127 Å². The molecular weight excluding hydrogens is 1450 g/mol. The van der Waals surface area contributed by atoms with Crippen LogP contribution in [-0.2, 0) is 102 Å². The molecule has 12 atom stereocenters. The lowest BCUT2D eigenvalue weighted by atomic mass is 10.0. The van der Waals surface area contributed by atoms with Crippen molar-refractivity contribution in [3.8, 4) is 5.75 Å². The van der Waals surface area contributed by atoms with Crippen LogP contribution in [0.25, 0.3) is 0 Å². The minimum Gasteiger partial charge on any atom is -0.508 e. The van der Waals surface area contributed by atoms with Crippen molar-refractivity contribution in [2.75, 3.05) is 26.2 Å². The lowest BCUT2D eigenvalue weighted by molar-refractivity contribution is -0.142. The maximum absolute atomic E-state index is 14.3. The second-order valence-electron chi connectivity index (χ2n) is 25.2. The van der Waals surface area contributed by atoms with Gasteiger partial charge in [-0.1, -0.05) is 26.0 Å². The molecule has 1 aromatic carbocycles. The van der Waals surface area contributed by atoms with Crippen LogP contribution in [0.4, 0.5) is 0 Å². The fourth-order valence-corrected chi connectivity index (χ4v) is 9.55. The number of aliphatic hydroxyl groups excluding tert-OH is 1. The topological polar surface area (TPSA) is 785 Å².